The molecule has 1 aliphatic heterocycles. The minimum absolute atomic E-state index is 0.140. The number of ether oxygens (including phenoxy) is 1. The van der Waals surface area contributed by atoms with Gasteiger partial charge in [0.25, 0.3) is 0 Å². The molecule has 6 nitrogen and oxygen atoms in total. The first-order valence-electron chi connectivity index (χ1n) is 14.2. The zero-order valence-corrected chi connectivity index (χ0v) is 23.5. The van der Waals surface area contributed by atoms with E-state index in [1.807, 2.05) is 47.4 Å². The van der Waals surface area contributed by atoms with Gasteiger partial charge in [0, 0.05) is 38.4 Å². The van der Waals surface area contributed by atoms with Gasteiger partial charge in [0.2, 0.25) is 6.41 Å². The zero-order chi connectivity index (χ0) is 29.0. The molecule has 1 N–H and O–H groups in total. The monoisotopic (exact) mass is 566 g/mol. The van der Waals surface area contributed by atoms with E-state index in [1.165, 1.54) is 6.20 Å². The number of alkyl halides is 3. The van der Waals surface area contributed by atoms with Crippen LogP contribution in [0.4, 0.5) is 19.0 Å². The second-order valence-corrected chi connectivity index (χ2v) is 11.5. The molecule has 0 radical (unpaired) electrons. The molecule has 0 bridgehead atoms. The minimum Gasteiger partial charge on any atom is -0.457 e. The number of carbonyl (C=O) groups is 1. The molecule has 3 atom stereocenters. The number of rotatable bonds is 9. The van der Waals surface area contributed by atoms with Crippen molar-refractivity contribution in [3.63, 3.8) is 0 Å². The van der Waals surface area contributed by atoms with Crippen LogP contribution in [0.3, 0.4) is 0 Å². The number of nitrogens with one attached hydrogen (secondary N) is 1. The topological polar surface area (TPSA) is 57.7 Å². The summed E-state index contributed by atoms with van der Waals surface area (Å²) in [5.74, 6) is 2.15. The maximum Gasteiger partial charge on any atom is 0.416 e. The van der Waals surface area contributed by atoms with E-state index in [1.54, 1.807) is 4.90 Å². The summed E-state index contributed by atoms with van der Waals surface area (Å²) in [6, 6.07) is 20.0. The fraction of sp³-hybridized carbons (Fsp3) is 0.438. The van der Waals surface area contributed by atoms with E-state index in [0.29, 0.717) is 32.0 Å². The molecule has 3 aromatic rings. The molecule has 1 aliphatic carbocycles. The number of hydrogen-bond donors (Lipinski definition) is 1. The molecule has 1 unspecified atom stereocenters. The summed E-state index contributed by atoms with van der Waals surface area (Å²) in [6.07, 6.45) is 0.384. The summed E-state index contributed by atoms with van der Waals surface area (Å²) in [5.41, 5.74) is 0.249. The van der Waals surface area contributed by atoms with Gasteiger partial charge < -0.3 is 19.9 Å². The first-order chi connectivity index (χ1) is 19.7. The van der Waals surface area contributed by atoms with Gasteiger partial charge in [0.1, 0.15) is 17.3 Å². The number of nitrogens with zero attached hydrogens (tertiary/aromatic N) is 3. The van der Waals surface area contributed by atoms with Crippen molar-refractivity contribution in [3.8, 4) is 11.5 Å². The molecule has 5 rings (SSSR count). The molecule has 2 heterocycles. The van der Waals surface area contributed by atoms with Gasteiger partial charge in [-0.3, -0.25) is 4.79 Å². The Kier molecular flexibility index (Phi) is 8.54. The van der Waals surface area contributed by atoms with Crippen LogP contribution in [-0.2, 0) is 17.5 Å². The molecule has 2 aliphatic rings. The quantitative estimate of drug-likeness (QED) is 0.299. The molecule has 41 heavy (non-hydrogen) atoms. The van der Waals surface area contributed by atoms with E-state index < -0.39 is 11.7 Å². The van der Waals surface area contributed by atoms with E-state index in [9.17, 15) is 18.0 Å². The number of aromatic nitrogens is 1. The van der Waals surface area contributed by atoms with Crippen LogP contribution in [0.25, 0.3) is 0 Å². The molecular formula is C32H37F3N4O2. The predicted molar refractivity (Wildman–Crippen MR) is 153 cm³/mol. The van der Waals surface area contributed by atoms with Gasteiger partial charge in [0.05, 0.1) is 11.6 Å². The van der Waals surface area contributed by atoms with Gasteiger partial charge in [-0.2, -0.15) is 13.2 Å². The standard InChI is InChI=1S/C32H37F3N4O2/c1-23(2)31(29-21-38(22-40)16-17-39(29)30-18-25(13-15-36-30)32(33,34)35)14-12-26(19-31)37-20-24-8-10-28(11-9-24)41-27-6-4-3-5-7-27/h3-11,13,15,18,22-23,26,29,37H,12,14,16-17,19-21H2,1-2H3/t26-,29?,31+/m1/s1. The highest BCUT2D eigenvalue weighted by Crippen LogP contribution is 2.50. The third-order valence-corrected chi connectivity index (χ3v) is 8.82. The molecule has 218 valence electrons. The molecule has 0 spiro atoms. The Labute approximate surface area is 239 Å². The summed E-state index contributed by atoms with van der Waals surface area (Å²) < 4.78 is 46.5. The van der Waals surface area contributed by atoms with Crippen molar-refractivity contribution in [1.82, 2.24) is 15.2 Å². The smallest absolute Gasteiger partial charge is 0.416 e. The van der Waals surface area contributed by atoms with Gasteiger partial charge in [-0.25, -0.2) is 4.98 Å². The van der Waals surface area contributed by atoms with Gasteiger partial charge in [-0.1, -0.05) is 44.2 Å². The van der Waals surface area contributed by atoms with E-state index in [4.69, 9.17) is 4.74 Å². The second-order valence-electron chi connectivity index (χ2n) is 11.5. The largest absolute Gasteiger partial charge is 0.457 e. The van der Waals surface area contributed by atoms with Crippen molar-refractivity contribution >= 4 is 12.2 Å². The van der Waals surface area contributed by atoms with Crippen molar-refractivity contribution in [2.24, 2.45) is 11.3 Å². The van der Waals surface area contributed by atoms with E-state index >= 15 is 0 Å². The second kappa shape index (κ2) is 12.1. The lowest BCUT2D eigenvalue weighted by molar-refractivity contribution is -0.137. The molecule has 1 aromatic heterocycles. The number of carbonyl (C=O) groups excluding carboxylic acids is 1. The summed E-state index contributed by atoms with van der Waals surface area (Å²) >= 11 is 0. The SMILES string of the molecule is CC(C)[C@]1(C2CN(C=O)CCN2c2cc(C(F)(F)F)ccn2)CC[C@@H](NCc2ccc(Oc3ccccc3)cc2)C1. The maximum atomic E-state index is 13.5. The fourth-order valence-electron chi connectivity index (χ4n) is 6.47. The molecule has 2 fully saturated rings. The van der Waals surface area contributed by atoms with E-state index in [0.717, 1.165) is 54.9 Å². The van der Waals surface area contributed by atoms with E-state index in [-0.39, 0.29) is 23.4 Å². The summed E-state index contributed by atoms with van der Waals surface area (Å²) in [7, 11) is 0. The molecule has 9 heteroatoms. The fourth-order valence-corrected chi connectivity index (χ4v) is 6.47. The molecule has 1 amide bonds. The molecule has 1 saturated carbocycles. The number of anilines is 1. The highest BCUT2D eigenvalue weighted by Gasteiger charge is 2.51. The summed E-state index contributed by atoms with van der Waals surface area (Å²) in [4.78, 5) is 19.9. The van der Waals surface area contributed by atoms with Gasteiger partial charge in [-0.05, 0) is 72.6 Å². The first kappa shape index (κ1) is 28.9. The number of benzene rings is 2. The Balaban J connectivity index is 1.30. The third kappa shape index (κ3) is 6.50. The van der Waals surface area contributed by atoms with Crippen LogP contribution in [0.5, 0.6) is 11.5 Å². The Morgan fingerprint density at radius 2 is 1.80 bits per heavy atom. The van der Waals surface area contributed by atoms with Crippen LogP contribution < -0.4 is 15.0 Å². The lowest BCUT2D eigenvalue weighted by atomic mass is 9.68. The van der Waals surface area contributed by atoms with Crippen LogP contribution in [0.1, 0.15) is 44.2 Å². The Bertz CT molecular complexity index is 1300. The molecule has 1 saturated heterocycles. The van der Waals surface area contributed by atoms with Crippen molar-refractivity contribution in [2.75, 3.05) is 24.5 Å². The highest BCUT2D eigenvalue weighted by atomic mass is 19.4. The average molecular weight is 567 g/mol. The number of amides is 1. The predicted octanol–water partition coefficient (Wildman–Crippen LogP) is 6.52. The van der Waals surface area contributed by atoms with E-state index in [2.05, 4.69) is 36.3 Å². The number of piperazine rings is 1. The van der Waals surface area contributed by atoms with Crippen molar-refractivity contribution in [2.45, 2.75) is 57.9 Å². The van der Waals surface area contributed by atoms with Crippen molar-refractivity contribution in [1.29, 1.82) is 0 Å². The summed E-state index contributed by atoms with van der Waals surface area (Å²) in [5, 5.41) is 3.72. The average Bonchev–Trinajstić information content (AvgIpc) is 3.42. The van der Waals surface area contributed by atoms with Gasteiger partial charge in [-0.15, -0.1) is 0 Å². The lowest BCUT2D eigenvalue weighted by Crippen LogP contribution is -2.61. The number of hydrogen-bond acceptors (Lipinski definition) is 5. The first-order valence-corrected chi connectivity index (χ1v) is 14.2. The third-order valence-electron chi connectivity index (χ3n) is 8.82. The van der Waals surface area contributed by atoms with Gasteiger partial charge in [0.15, 0.2) is 0 Å². The minimum atomic E-state index is -4.44. The Hall–Kier alpha value is -3.59. The number of pyridine rings is 1. The van der Waals surface area contributed by atoms with Gasteiger partial charge >= 0.3 is 6.18 Å². The van der Waals surface area contributed by atoms with Crippen LogP contribution in [0.15, 0.2) is 72.9 Å². The van der Waals surface area contributed by atoms with Crippen molar-refractivity contribution < 1.29 is 22.7 Å². The van der Waals surface area contributed by atoms with Crippen LogP contribution in [-0.4, -0.2) is 48.0 Å². The Morgan fingerprint density at radius 3 is 2.49 bits per heavy atom. The zero-order valence-electron chi connectivity index (χ0n) is 23.5. The van der Waals surface area contributed by atoms with Crippen LogP contribution in [0, 0.1) is 11.3 Å². The molecular weight excluding hydrogens is 529 g/mol. The Morgan fingerprint density at radius 1 is 1.07 bits per heavy atom. The summed E-state index contributed by atoms with van der Waals surface area (Å²) in [6.45, 7) is 6.44. The van der Waals surface area contributed by atoms with Crippen LogP contribution >= 0.6 is 0 Å². The normalized spacial score (nSPS) is 23.2. The number of halogens is 3. The maximum absolute atomic E-state index is 13.5. The number of para-hydroxylation sites is 1. The molecule has 2 aromatic carbocycles. The van der Waals surface area contributed by atoms with Crippen molar-refractivity contribution in [3.05, 3.63) is 84.1 Å². The lowest BCUT2D eigenvalue weighted by Gasteiger charge is -2.51. The van der Waals surface area contributed by atoms with Crippen LogP contribution in [0.2, 0.25) is 0 Å². The highest BCUT2D eigenvalue weighted by molar-refractivity contribution is 5.51.